The molecule has 1 rings (SSSR count). The fourth-order valence-corrected chi connectivity index (χ4v) is 1.31. The van der Waals surface area contributed by atoms with Gasteiger partial charge >= 0.3 is 0 Å². The maximum absolute atomic E-state index is 11.2. The molecule has 0 bridgehead atoms. The van der Waals surface area contributed by atoms with Crippen molar-refractivity contribution in [2.24, 2.45) is 0 Å². The van der Waals surface area contributed by atoms with Crippen molar-refractivity contribution in [3.63, 3.8) is 0 Å². The maximum atomic E-state index is 11.2. The Kier molecular flexibility index (Phi) is 4.65. The van der Waals surface area contributed by atoms with Crippen LogP contribution in [0.25, 0.3) is 0 Å². The second-order valence-corrected chi connectivity index (χ2v) is 4.15. The van der Waals surface area contributed by atoms with Crippen molar-refractivity contribution in [2.75, 3.05) is 19.0 Å². The van der Waals surface area contributed by atoms with Crippen LogP contribution < -0.4 is 19.8 Å². The lowest BCUT2D eigenvalue weighted by atomic mass is 10.3. The van der Waals surface area contributed by atoms with Crippen LogP contribution in [0, 0.1) is 0 Å². The minimum atomic E-state index is -5.13. The summed E-state index contributed by atoms with van der Waals surface area (Å²) < 4.78 is 18.9. The number of rotatable bonds is 5. The largest absolute Gasteiger partial charge is 0.790 e. The summed E-state index contributed by atoms with van der Waals surface area (Å²) in [4.78, 5) is 31.5. The summed E-state index contributed by atoms with van der Waals surface area (Å²) >= 11 is 0. The van der Waals surface area contributed by atoms with Gasteiger partial charge in [0.05, 0.1) is 14.9 Å². The number of amides is 1. The van der Waals surface area contributed by atoms with Gasteiger partial charge in [-0.3, -0.25) is 4.79 Å². The van der Waals surface area contributed by atoms with E-state index in [2.05, 4.69) is 9.84 Å². The summed E-state index contributed by atoms with van der Waals surface area (Å²) in [6, 6.07) is 6.43. The van der Waals surface area contributed by atoms with E-state index in [0.717, 1.165) is 0 Å². The Hall–Kier alpha value is -1.40. The van der Waals surface area contributed by atoms with E-state index < -0.39 is 20.3 Å². The first kappa shape index (κ1) is 13.7. The zero-order valence-corrected chi connectivity index (χ0v) is 9.81. The van der Waals surface area contributed by atoms with E-state index in [1.54, 1.807) is 18.2 Å². The van der Waals surface area contributed by atoms with E-state index in [9.17, 15) is 19.1 Å². The second-order valence-electron chi connectivity index (χ2n) is 3.00. The van der Waals surface area contributed by atoms with Crippen LogP contribution in [-0.4, -0.2) is 19.6 Å². The van der Waals surface area contributed by atoms with Gasteiger partial charge in [-0.05, 0) is 12.1 Å². The highest BCUT2D eigenvalue weighted by Crippen LogP contribution is 2.24. The minimum absolute atomic E-state index is 0.407. The van der Waals surface area contributed by atoms with Gasteiger partial charge in [-0.15, -0.1) is 0 Å². The number of hydrogen-bond acceptors (Lipinski definition) is 6. The number of phosphoric acid groups is 1. The van der Waals surface area contributed by atoms with Crippen molar-refractivity contribution in [3.05, 3.63) is 24.3 Å². The zero-order chi connectivity index (χ0) is 12.9. The molecule has 1 amide bonds. The quantitative estimate of drug-likeness (QED) is 0.712. The molecule has 1 aromatic carbocycles. The molecule has 0 aliphatic rings. The number of benzene rings is 1. The molecule has 8 heteroatoms. The predicted molar refractivity (Wildman–Crippen MR) is 55.2 cm³/mol. The van der Waals surface area contributed by atoms with Gasteiger partial charge in [0.15, 0.2) is 0 Å². The molecule has 0 spiro atoms. The lowest BCUT2D eigenvalue weighted by Gasteiger charge is -2.27. The average molecular weight is 259 g/mol. The Bertz CT molecular complexity index is 443. The number of nitrogens with one attached hydrogen (secondary N) is 1. The molecule has 0 saturated carbocycles. The number of methoxy groups -OCH3 is 1. The van der Waals surface area contributed by atoms with Crippen LogP contribution in [0.4, 0.5) is 5.69 Å². The Labute approximate surface area is 97.6 Å². The van der Waals surface area contributed by atoms with E-state index in [1.807, 2.05) is 0 Å². The first-order chi connectivity index (χ1) is 7.90. The summed E-state index contributed by atoms with van der Waals surface area (Å²) in [5, 5.41) is 2.35. The molecule has 0 unspecified atom stereocenters. The predicted octanol–water partition coefficient (Wildman–Crippen LogP) is -0.521. The summed E-state index contributed by atoms with van der Waals surface area (Å²) in [5.74, 6) is -0.216. The van der Waals surface area contributed by atoms with Crippen molar-refractivity contribution < 1.29 is 28.4 Å². The maximum Gasteiger partial charge on any atom is 0.250 e. The van der Waals surface area contributed by atoms with E-state index in [-0.39, 0.29) is 0 Å². The summed E-state index contributed by atoms with van der Waals surface area (Å²) in [5.41, 5.74) is 0.407. The molecular formula is C9H10NO6P-2. The lowest BCUT2D eigenvalue weighted by Crippen LogP contribution is -2.23. The Balaban J connectivity index is 2.53. The fraction of sp³-hybridized carbons (Fsp3) is 0.222. The Morgan fingerprint density at radius 1 is 1.47 bits per heavy atom. The van der Waals surface area contributed by atoms with Crippen molar-refractivity contribution in [2.45, 2.75) is 0 Å². The molecule has 7 nitrogen and oxygen atoms in total. The summed E-state index contributed by atoms with van der Waals surface area (Å²) in [6.07, 6.45) is 0. The molecule has 0 radical (unpaired) electrons. The van der Waals surface area contributed by atoms with Crippen molar-refractivity contribution in [3.8, 4) is 5.75 Å². The topological polar surface area (TPSA) is 111 Å². The third-order valence-electron chi connectivity index (χ3n) is 1.71. The molecule has 0 aliphatic carbocycles. The van der Waals surface area contributed by atoms with Crippen LogP contribution in [0.2, 0.25) is 0 Å². The monoisotopic (exact) mass is 259 g/mol. The third kappa shape index (κ3) is 5.46. The molecule has 0 aromatic heterocycles. The second kappa shape index (κ2) is 5.79. The molecule has 0 heterocycles. The number of hydrogen-bond donors (Lipinski definition) is 1. The number of ether oxygens (including phenoxy) is 1. The standard InChI is InChI=1S/C9H12NO6P/c1-15-8-4-2-3-7(5-8)10-9(11)6-16-17(12,13)14/h2-5H,6H2,1H3,(H,10,11)(H2,12,13,14)/p-2. The third-order valence-corrected chi connectivity index (χ3v) is 2.15. The number of phosphoric ester groups is 1. The van der Waals surface area contributed by atoms with Gasteiger partial charge in [0.25, 0.3) is 5.91 Å². The van der Waals surface area contributed by atoms with Gasteiger partial charge < -0.3 is 28.9 Å². The van der Waals surface area contributed by atoms with Crippen LogP contribution >= 0.6 is 7.82 Å². The molecule has 0 aliphatic heterocycles. The SMILES string of the molecule is COc1cccc(NC(=O)COP(=O)([O-])[O-])c1. The molecule has 1 N–H and O–H groups in total. The van der Waals surface area contributed by atoms with E-state index in [4.69, 9.17) is 4.74 Å². The van der Waals surface area contributed by atoms with Crippen molar-refractivity contribution in [1.29, 1.82) is 0 Å². The fourth-order valence-electron chi connectivity index (χ4n) is 1.04. The van der Waals surface area contributed by atoms with E-state index >= 15 is 0 Å². The van der Waals surface area contributed by atoms with Crippen molar-refractivity contribution in [1.82, 2.24) is 0 Å². The Morgan fingerprint density at radius 3 is 2.76 bits per heavy atom. The number of carbonyl (C=O) groups excluding carboxylic acids is 1. The molecule has 94 valence electrons. The van der Waals surface area contributed by atoms with Crippen LogP contribution in [0.1, 0.15) is 0 Å². The van der Waals surface area contributed by atoms with Crippen molar-refractivity contribution >= 4 is 19.4 Å². The molecule has 1 aromatic rings. The normalized spacial score (nSPS) is 11.0. The smallest absolute Gasteiger partial charge is 0.250 e. The first-order valence-corrected chi connectivity index (χ1v) is 5.97. The summed E-state index contributed by atoms with van der Waals surface area (Å²) in [7, 11) is -3.66. The summed E-state index contributed by atoms with van der Waals surface area (Å²) in [6.45, 7) is -0.846. The molecule has 0 saturated heterocycles. The zero-order valence-electron chi connectivity index (χ0n) is 8.91. The first-order valence-electron chi connectivity index (χ1n) is 4.51. The van der Waals surface area contributed by atoms with Crippen LogP contribution in [0.15, 0.2) is 24.3 Å². The van der Waals surface area contributed by atoms with E-state index in [1.165, 1.54) is 13.2 Å². The highest BCUT2D eigenvalue weighted by atomic mass is 31.2. The molecule has 0 atom stereocenters. The van der Waals surface area contributed by atoms with Crippen LogP contribution in [-0.2, 0) is 13.9 Å². The van der Waals surface area contributed by atoms with Gasteiger partial charge in [0.2, 0.25) is 0 Å². The molecular weight excluding hydrogens is 249 g/mol. The highest BCUT2D eigenvalue weighted by molar-refractivity contribution is 7.43. The lowest BCUT2D eigenvalue weighted by molar-refractivity contribution is -0.341. The van der Waals surface area contributed by atoms with Gasteiger partial charge in [0.1, 0.15) is 12.4 Å². The minimum Gasteiger partial charge on any atom is -0.790 e. The molecule has 0 fully saturated rings. The van der Waals surface area contributed by atoms with E-state index in [0.29, 0.717) is 11.4 Å². The van der Waals surface area contributed by atoms with Gasteiger partial charge in [-0.25, -0.2) is 0 Å². The van der Waals surface area contributed by atoms with Gasteiger partial charge in [-0.1, -0.05) is 6.07 Å². The van der Waals surface area contributed by atoms with Crippen LogP contribution in [0.3, 0.4) is 0 Å². The number of carbonyl (C=O) groups is 1. The average Bonchev–Trinajstić information content (AvgIpc) is 2.26. The van der Waals surface area contributed by atoms with Crippen LogP contribution in [0.5, 0.6) is 5.75 Å². The molecule has 17 heavy (non-hydrogen) atoms. The highest BCUT2D eigenvalue weighted by Gasteiger charge is 2.04. The Morgan fingerprint density at radius 2 is 2.18 bits per heavy atom. The number of anilines is 1. The van der Waals surface area contributed by atoms with Gasteiger partial charge in [0, 0.05) is 11.8 Å². The van der Waals surface area contributed by atoms with Gasteiger partial charge in [-0.2, -0.15) is 0 Å².